The predicted octanol–water partition coefficient (Wildman–Crippen LogP) is 1.60. The van der Waals surface area contributed by atoms with Gasteiger partial charge in [0.2, 0.25) is 0 Å². The molecule has 2 heterocycles. The first-order valence-electron chi connectivity index (χ1n) is 3.52. The number of pyridine rings is 1. The minimum atomic E-state index is -0.255. The Morgan fingerprint density at radius 3 is 2.91 bits per heavy atom. The molecule has 0 bridgehead atoms. The van der Waals surface area contributed by atoms with E-state index in [1.165, 1.54) is 6.07 Å². The van der Waals surface area contributed by atoms with Gasteiger partial charge >= 0.3 is 0 Å². The molecule has 3 heteroatoms. The lowest BCUT2D eigenvalue weighted by atomic mass is 10.2. The number of epoxide rings is 1. The fraction of sp³-hybridized carbons (Fsp3) is 0.375. The molecule has 0 aliphatic carbocycles. The maximum Gasteiger partial charge on any atom is 0.144 e. The van der Waals surface area contributed by atoms with Crippen molar-refractivity contribution >= 4 is 0 Å². The molecule has 1 unspecified atom stereocenters. The molecule has 1 aromatic rings. The summed E-state index contributed by atoms with van der Waals surface area (Å²) in [5.74, 6) is -0.255. The number of aryl methyl sites for hydroxylation is 1. The van der Waals surface area contributed by atoms with Gasteiger partial charge in [-0.25, -0.2) is 4.39 Å². The maximum absolute atomic E-state index is 12.7. The van der Waals surface area contributed by atoms with Crippen molar-refractivity contribution in [2.24, 2.45) is 0 Å². The van der Waals surface area contributed by atoms with Gasteiger partial charge in [0.15, 0.2) is 0 Å². The van der Waals surface area contributed by atoms with Gasteiger partial charge in [0, 0.05) is 0 Å². The summed E-state index contributed by atoms with van der Waals surface area (Å²) in [5, 5.41) is 0. The van der Waals surface area contributed by atoms with E-state index < -0.39 is 0 Å². The summed E-state index contributed by atoms with van der Waals surface area (Å²) in [6.45, 7) is 2.37. The van der Waals surface area contributed by atoms with Crippen LogP contribution in [0.15, 0.2) is 12.1 Å². The van der Waals surface area contributed by atoms with Gasteiger partial charge in [0.25, 0.3) is 0 Å². The fourth-order valence-electron chi connectivity index (χ4n) is 0.962. The highest BCUT2D eigenvalue weighted by Crippen LogP contribution is 2.28. The third-order valence-electron chi connectivity index (χ3n) is 1.71. The summed E-state index contributed by atoms with van der Waals surface area (Å²) < 4.78 is 17.7. The second kappa shape index (κ2) is 2.27. The molecular formula is C8H8FNO. The quantitative estimate of drug-likeness (QED) is 0.572. The standard InChI is InChI=1S/C8H8FNO/c1-5-6(9)2-3-7(10-5)8-4-11-8/h2-3,8H,4H2,1H3. The van der Waals surface area contributed by atoms with Crippen LogP contribution in [0.1, 0.15) is 17.5 Å². The molecule has 1 aliphatic heterocycles. The van der Waals surface area contributed by atoms with Gasteiger partial charge in [-0.15, -0.1) is 0 Å². The van der Waals surface area contributed by atoms with Gasteiger partial charge in [-0.2, -0.15) is 0 Å². The van der Waals surface area contributed by atoms with Crippen LogP contribution in [-0.4, -0.2) is 11.6 Å². The van der Waals surface area contributed by atoms with Crippen LogP contribution in [0.2, 0.25) is 0 Å². The van der Waals surface area contributed by atoms with Crippen molar-refractivity contribution in [1.82, 2.24) is 4.98 Å². The van der Waals surface area contributed by atoms with Crippen LogP contribution < -0.4 is 0 Å². The van der Waals surface area contributed by atoms with E-state index in [9.17, 15) is 4.39 Å². The van der Waals surface area contributed by atoms with E-state index in [1.807, 2.05) is 0 Å². The highest BCUT2D eigenvalue weighted by Gasteiger charge is 2.26. The van der Waals surface area contributed by atoms with Gasteiger partial charge in [-0.1, -0.05) is 0 Å². The summed E-state index contributed by atoms with van der Waals surface area (Å²) in [6, 6.07) is 3.10. The van der Waals surface area contributed by atoms with E-state index in [0.717, 1.165) is 12.3 Å². The Balaban J connectivity index is 2.36. The van der Waals surface area contributed by atoms with Crippen molar-refractivity contribution < 1.29 is 9.13 Å². The van der Waals surface area contributed by atoms with E-state index >= 15 is 0 Å². The number of ether oxygens (including phenoxy) is 1. The molecular weight excluding hydrogens is 145 g/mol. The van der Waals surface area contributed by atoms with Crippen LogP contribution >= 0.6 is 0 Å². The third-order valence-corrected chi connectivity index (χ3v) is 1.71. The Labute approximate surface area is 64.0 Å². The van der Waals surface area contributed by atoms with Crippen molar-refractivity contribution in [2.45, 2.75) is 13.0 Å². The lowest BCUT2D eigenvalue weighted by Gasteiger charge is -1.97. The Hall–Kier alpha value is -0.960. The van der Waals surface area contributed by atoms with Gasteiger partial charge in [0.05, 0.1) is 18.0 Å². The smallest absolute Gasteiger partial charge is 0.144 e. The predicted molar refractivity (Wildman–Crippen MR) is 37.6 cm³/mol. The zero-order valence-electron chi connectivity index (χ0n) is 6.17. The number of nitrogens with zero attached hydrogens (tertiary/aromatic N) is 1. The molecule has 0 amide bonds. The molecule has 0 spiro atoms. The molecule has 1 atom stereocenters. The van der Waals surface area contributed by atoms with Crippen LogP contribution in [0, 0.1) is 12.7 Å². The largest absolute Gasteiger partial charge is 0.366 e. The molecule has 58 valence electrons. The number of aromatic nitrogens is 1. The summed E-state index contributed by atoms with van der Waals surface area (Å²) in [5.41, 5.74) is 1.28. The van der Waals surface area contributed by atoms with Crippen LogP contribution in [0.3, 0.4) is 0 Å². The highest BCUT2D eigenvalue weighted by atomic mass is 19.1. The SMILES string of the molecule is Cc1nc(C2CO2)ccc1F. The maximum atomic E-state index is 12.7. The molecule has 1 aliphatic rings. The molecule has 0 aromatic carbocycles. The lowest BCUT2D eigenvalue weighted by molar-refractivity contribution is 0.410. The van der Waals surface area contributed by atoms with E-state index in [4.69, 9.17) is 4.74 Å². The summed E-state index contributed by atoms with van der Waals surface area (Å²) >= 11 is 0. The molecule has 0 N–H and O–H groups in total. The average Bonchev–Trinajstić information content (AvgIpc) is 2.77. The molecule has 1 aromatic heterocycles. The number of hydrogen-bond acceptors (Lipinski definition) is 2. The molecule has 1 fully saturated rings. The van der Waals surface area contributed by atoms with Crippen LogP contribution in [-0.2, 0) is 4.74 Å². The molecule has 0 radical (unpaired) electrons. The summed E-state index contributed by atoms with van der Waals surface area (Å²) in [7, 11) is 0. The van der Waals surface area contributed by atoms with Crippen molar-refractivity contribution in [3.8, 4) is 0 Å². The normalized spacial score (nSPS) is 21.8. The summed E-state index contributed by atoms with van der Waals surface area (Å²) in [4.78, 5) is 4.03. The van der Waals surface area contributed by atoms with Crippen molar-refractivity contribution in [2.75, 3.05) is 6.61 Å². The van der Waals surface area contributed by atoms with Crippen LogP contribution in [0.4, 0.5) is 4.39 Å². The molecule has 2 nitrogen and oxygen atoms in total. The Morgan fingerprint density at radius 1 is 1.64 bits per heavy atom. The second-order valence-corrected chi connectivity index (χ2v) is 2.63. The molecule has 0 saturated carbocycles. The average molecular weight is 153 g/mol. The first-order chi connectivity index (χ1) is 5.27. The van der Waals surface area contributed by atoms with Gasteiger partial charge in [-0.05, 0) is 19.1 Å². The number of halogens is 1. The molecule has 11 heavy (non-hydrogen) atoms. The second-order valence-electron chi connectivity index (χ2n) is 2.63. The van der Waals surface area contributed by atoms with E-state index in [2.05, 4.69) is 4.98 Å². The molecule has 1 saturated heterocycles. The van der Waals surface area contributed by atoms with Crippen molar-refractivity contribution in [3.63, 3.8) is 0 Å². The topological polar surface area (TPSA) is 25.4 Å². The first-order valence-corrected chi connectivity index (χ1v) is 3.52. The first kappa shape index (κ1) is 6.73. The van der Waals surface area contributed by atoms with Crippen molar-refractivity contribution in [1.29, 1.82) is 0 Å². The minimum absolute atomic E-state index is 0.120. The monoisotopic (exact) mass is 153 g/mol. The van der Waals surface area contributed by atoms with Gasteiger partial charge in [0.1, 0.15) is 11.9 Å². The Bertz CT molecular complexity index is 283. The third kappa shape index (κ3) is 1.24. The fourth-order valence-corrected chi connectivity index (χ4v) is 0.962. The van der Waals surface area contributed by atoms with E-state index in [-0.39, 0.29) is 11.9 Å². The zero-order chi connectivity index (χ0) is 7.84. The lowest BCUT2D eigenvalue weighted by Crippen LogP contribution is -1.92. The van der Waals surface area contributed by atoms with E-state index in [1.54, 1.807) is 13.0 Å². The zero-order valence-corrected chi connectivity index (χ0v) is 6.17. The highest BCUT2D eigenvalue weighted by molar-refractivity contribution is 5.16. The van der Waals surface area contributed by atoms with E-state index in [0.29, 0.717) is 5.69 Å². The number of rotatable bonds is 1. The van der Waals surface area contributed by atoms with Crippen LogP contribution in [0.25, 0.3) is 0 Å². The van der Waals surface area contributed by atoms with Crippen LogP contribution in [0.5, 0.6) is 0 Å². The Kier molecular flexibility index (Phi) is 1.39. The molecule has 2 rings (SSSR count). The minimum Gasteiger partial charge on any atom is -0.366 e. The van der Waals surface area contributed by atoms with Gasteiger partial charge < -0.3 is 4.74 Å². The number of hydrogen-bond donors (Lipinski definition) is 0. The van der Waals surface area contributed by atoms with Gasteiger partial charge in [-0.3, -0.25) is 4.98 Å². The van der Waals surface area contributed by atoms with Crippen molar-refractivity contribution in [3.05, 3.63) is 29.3 Å². The summed E-state index contributed by atoms with van der Waals surface area (Å²) in [6.07, 6.45) is 0.120. The Morgan fingerprint density at radius 2 is 2.36 bits per heavy atom.